The number of ether oxygens (including phenoxy) is 1. The number of thiazole rings is 1. The molecule has 0 amide bonds. The predicted molar refractivity (Wildman–Crippen MR) is 51.8 cm³/mol. The van der Waals surface area contributed by atoms with Crippen molar-refractivity contribution in [2.75, 3.05) is 26.9 Å². The minimum Gasteiger partial charge on any atom is -0.394 e. The first-order chi connectivity index (χ1) is 6.38. The number of hydrogen-bond donors (Lipinski definition) is 2. The molecule has 0 fully saturated rings. The van der Waals surface area contributed by atoms with Gasteiger partial charge in [-0.3, -0.25) is 0 Å². The maximum absolute atomic E-state index is 9.06. The molecular weight excluding hydrogens is 188 g/mol. The number of hydrogen-bond acceptors (Lipinski definition) is 5. The first-order valence-electron chi connectivity index (χ1n) is 4.11. The third-order valence-electron chi connectivity index (χ3n) is 1.63. The molecule has 0 saturated carbocycles. The van der Waals surface area contributed by atoms with Crippen LogP contribution in [0.5, 0.6) is 0 Å². The van der Waals surface area contributed by atoms with Crippen molar-refractivity contribution in [3.8, 4) is 0 Å². The van der Waals surface area contributed by atoms with Gasteiger partial charge in [0.05, 0.1) is 19.3 Å². The van der Waals surface area contributed by atoms with Crippen LogP contribution in [0.1, 0.15) is 11.0 Å². The van der Waals surface area contributed by atoms with E-state index in [9.17, 15) is 0 Å². The van der Waals surface area contributed by atoms with Gasteiger partial charge in [-0.1, -0.05) is 0 Å². The van der Waals surface area contributed by atoms with E-state index in [2.05, 4.69) is 10.3 Å². The van der Waals surface area contributed by atoms with E-state index in [4.69, 9.17) is 9.84 Å². The van der Waals surface area contributed by atoms with Crippen LogP contribution in [0, 0.1) is 0 Å². The number of aliphatic hydroxyl groups excluding tert-OH is 1. The largest absolute Gasteiger partial charge is 0.394 e. The molecule has 1 rings (SSSR count). The lowest BCUT2D eigenvalue weighted by atomic mass is 10.3. The summed E-state index contributed by atoms with van der Waals surface area (Å²) in [6, 6.07) is -0.0600. The molecule has 74 valence electrons. The fourth-order valence-electron chi connectivity index (χ4n) is 0.972. The maximum atomic E-state index is 9.06. The molecule has 0 radical (unpaired) electrons. The van der Waals surface area contributed by atoms with Crippen molar-refractivity contribution < 1.29 is 9.84 Å². The molecule has 1 unspecified atom stereocenters. The average Bonchev–Trinajstić information content (AvgIpc) is 2.65. The van der Waals surface area contributed by atoms with Gasteiger partial charge >= 0.3 is 0 Å². The zero-order valence-electron chi connectivity index (χ0n) is 7.56. The highest BCUT2D eigenvalue weighted by molar-refractivity contribution is 7.09. The normalized spacial score (nSPS) is 13.1. The third-order valence-corrected chi connectivity index (χ3v) is 2.52. The Morgan fingerprint density at radius 2 is 2.62 bits per heavy atom. The Bertz CT molecular complexity index is 216. The molecule has 0 aliphatic rings. The molecule has 1 aromatic rings. The monoisotopic (exact) mass is 202 g/mol. The molecule has 1 atom stereocenters. The van der Waals surface area contributed by atoms with E-state index in [0.29, 0.717) is 6.61 Å². The number of aromatic nitrogens is 1. The second-order valence-corrected chi connectivity index (χ2v) is 3.48. The van der Waals surface area contributed by atoms with Gasteiger partial charge in [-0.25, -0.2) is 4.98 Å². The van der Waals surface area contributed by atoms with Crippen molar-refractivity contribution in [1.29, 1.82) is 0 Å². The molecule has 5 heteroatoms. The van der Waals surface area contributed by atoms with Crippen LogP contribution >= 0.6 is 11.3 Å². The number of aliphatic hydroxyl groups is 1. The molecule has 1 heterocycles. The lowest BCUT2D eigenvalue weighted by molar-refractivity contribution is 0.184. The van der Waals surface area contributed by atoms with E-state index in [1.54, 1.807) is 13.3 Å². The van der Waals surface area contributed by atoms with Crippen LogP contribution in [0.4, 0.5) is 0 Å². The third kappa shape index (κ3) is 3.40. The second-order valence-electron chi connectivity index (χ2n) is 2.55. The summed E-state index contributed by atoms with van der Waals surface area (Å²) in [6.07, 6.45) is 1.74. The zero-order valence-corrected chi connectivity index (χ0v) is 8.38. The molecule has 1 aromatic heterocycles. The van der Waals surface area contributed by atoms with Gasteiger partial charge in [0, 0.05) is 25.2 Å². The molecule has 4 nitrogen and oxygen atoms in total. The minimum atomic E-state index is -0.0600. The van der Waals surface area contributed by atoms with Crippen molar-refractivity contribution in [1.82, 2.24) is 10.3 Å². The summed E-state index contributed by atoms with van der Waals surface area (Å²) in [6.45, 7) is 1.43. The lowest BCUT2D eigenvalue weighted by Crippen LogP contribution is -2.27. The standard InChI is InChI=1S/C8H14N2O2S/c1-12-4-2-9-7(6-11)8-10-3-5-13-8/h3,5,7,9,11H,2,4,6H2,1H3. The SMILES string of the molecule is COCCNC(CO)c1nccs1. The first-order valence-corrected chi connectivity index (χ1v) is 4.99. The highest BCUT2D eigenvalue weighted by atomic mass is 32.1. The number of rotatable bonds is 6. The second kappa shape index (κ2) is 6.04. The van der Waals surface area contributed by atoms with Gasteiger partial charge in [0.1, 0.15) is 5.01 Å². The molecule has 0 aliphatic carbocycles. The van der Waals surface area contributed by atoms with Gasteiger partial charge in [-0.05, 0) is 0 Å². The molecule has 0 aliphatic heterocycles. The van der Waals surface area contributed by atoms with Crippen LogP contribution in [0.15, 0.2) is 11.6 Å². The summed E-state index contributed by atoms with van der Waals surface area (Å²) in [5, 5.41) is 15.0. The summed E-state index contributed by atoms with van der Waals surface area (Å²) in [5.41, 5.74) is 0. The number of nitrogens with one attached hydrogen (secondary N) is 1. The first kappa shape index (κ1) is 10.6. The van der Waals surface area contributed by atoms with Crippen molar-refractivity contribution in [2.45, 2.75) is 6.04 Å². The van der Waals surface area contributed by atoms with Crippen LogP contribution in [-0.4, -0.2) is 37.0 Å². The highest BCUT2D eigenvalue weighted by Gasteiger charge is 2.10. The summed E-state index contributed by atoms with van der Waals surface area (Å²) >= 11 is 1.54. The molecule has 0 spiro atoms. The Morgan fingerprint density at radius 3 is 3.15 bits per heavy atom. The average molecular weight is 202 g/mol. The van der Waals surface area contributed by atoms with E-state index >= 15 is 0 Å². The fourth-order valence-corrected chi connectivity index (χ4v) is 1.68. The topological polar surface area (TPSA) is 54.4 Å². The van der Waals surface area contributed by atoms with E-state index in [1.807, 2.05) is 5.38 Å². The van der Waals surface area contributed by atoms with Crippen LogP contribution in [0.25, 0.3) is 0 Å². The van der Waals surface area contributed by atoms with E-state index in [-0.39, 0.29) is 12.6 Å². The Hall–Kier alpha value is -0.490. The molecule has 2 N–H and O–H groups in total. The van der Waals surface area contributed by atoms with E-state index < -0.39 is 0 Å². The van der Waals surface area contributed by atoms with Gasteiger partial charge in [-0.15, -0.1) is 11.3 Å². The molecule has 13 heavy (non-hydrogen) atoms. The highest BCUT2D eigenvalue weighted by Crippen LogP contribution is 2.14. The van der Waals surface area contributed by atoms with Crippen molar-refractivity contribution in [3.63, 3.8) is 0 Å². The summed E-state index contributed by atoms with van der Waals surface area (Å²) in [4.78, 5) is 4.12. The Balaban J connectivity index is 2.35. The van der Waals surface area contributed by atoms with Gasteiger partial charge in [-0.2, -0.15) is 0 Å². The Kier molecular flexibility index (Phi) is 4.92. The molecule has 0 bridgehead atoms. The zero-order chi connectivity index (χ0) is 9.52. The summed E-state index contributed by atoms with van der Waals surface area (Å²) in [7, 11) is 1.65. The van der Waals surface area contributed by atoms with Gasteiger partial charge in [0.25, 0.3) is 0 Å². The number of nitrogens with zero attached hydrogens (tertiary/aromatic N) is 1. The van der Waals surface area contributed by atoms with Gasteiger partial charge in [0.15, 0.2) is 0 Å². The van der Waals surface area contributed by atoms with Gasteiger partial charge in [0.2, 0.25) is 0 Å². The molecule has 0 saturated heterocycles. The van der Waals surface area contributed by atoms with Crippen molar-refractivity contribution >= 4 is 11.3 Å². The minimum absolute atomic E-state index is 0.0600. The van der Waals surface area contributed by atoms with E-state index in [0.717, 1.165) is 11.6 Å². The van der Waals surface area contributed by atoms with Crippen LogP contribution < -0.4 is 5.32 Å². The Labute approximate surface area is 81.6 Å². The molecule has 0 aromatic carbocycles. The molecular formula is C8H14N2O2S. The maximum Gasteiger partial charge on any atom is 0.112 e. The van der Waals surface area contributed by atoms with Crippen molar-refractivity contribution in [2.24, 2.45) is 0 Å². The summed E-state index contributed by atoms with van der Waals surface area (Å²) in [5.74, 6) is 0. The van der Waals surface area contributed by atoms with Gasteiger partial charge < -0.3 is 15.2 Å². The van der Waals surface area contributed by atoms with Crippen LogP contribution in [0.3, 0.4) is 0 Å². The van der Waals surface area contributed by atoms with Crippen LogP contribution in [0.2, 0.25) is 0 Å². The quantitative estimate of drug-likeness (QED) is 0.656. The lowest BCUT2D eigenvalue weighted by Gasteiger charge is -2.12. The van der Waals surface area contributed by atoms with Crippen LogP contribution in [-0.2, 0) is 4.74 Å². The number of methoxy groups -OCH3 is 1. The smallest absolute Gasteiger partial charge is 0.112 e. The van der Waals surface area contributed by atoms with E-state index in [1.165, 1.54) is 11.3 Å². The van der Waals surface area contributed by atoms with Crippen molar-refractivity contribution in [3.05, 3.63) is 16.6 Å². The Morgan fingerprint density at radius 1 is 1.77 bits per heavy atom. The predicted octanol–water partition coefficient (Wildman–Crippen LogP) is 0.412. The fraction of sp³-hybridized carbons (Fsp3) is 0.625. The summed E-state index contributed by atoms with van der Waals surface area (Å²) < 4.78 is 4.89.